The van der Waals surface area contributed by atoms with Gasteiger partial charge < -0.3 is 88.0 Å². The van der Waals surface area contributed by atoms with Crippen LogP contribution < -0.4 is 6.15 Å². The SMILES string of the molecule is O=[N+]([O-])O.O=[N+]([O-])[O-].O=[N+]([O-])[O-].O=[N+]([O-])[O-].O=[N+]([O-])[O-].O=[N+]([O-])[O-].[Ce+4].[NH4+]. The molecule has 0 aromatic heterocycles. The van der Waals surface area contributed by atoms with Crippen LogP contribution in [0, 0.1) is 128 Å². The van der Waals surface area contributed by atoms with Gasteiger partial charge in [-0.2, -0.15) is 0 Å². The Morgan fingerprint density at radius 2 is 0.423 bits per heavy atom. The second kappa shape index (κ2) is 43.0. The standard InChI is InChI=1S/Ce.HNO3.5NO3.H3N/c;6*2-1(3)4;/h;(H,2,3,4);;;;;;1H3/q+4;;5*-1;/p+1. The van der Waals surface area contributed by atoms with E-state index in [4.69, 9.17) is 91.9 Å². The molecule has 26 heteroatoms. The molecule has 0 radical (unpaired) electrons. The van der Waals surface area contributed by atoms with Gasteiger partial charge in [-0.3, -0.25) is 0 Å². The van der Waals surface area contributed by atoms with E-state index < -0.39 is 30.5 Å². The molecule has 0 saturated carbocycles. The van der Waals surface area contributed by atoms with Gasteiger partial charge in [0.2, 0.25) is 0 Å². The Labute approximate surface area is 170 Å². The van der Waals surface area contributed by atoms with Gasteiger partial charge in [-0.15, -0.1) is 10.1 Å². The van der Waals surface area contributed by atoms with Crippen molar-refractivity contribution in [3.05, 3.63) is 86.7 Å². The van der Waals surface area contributed by atoms with Crippen LogP contribution in [0.25, 0.3) is 0 Å². The maximum Gasteiger partial charge on any atom is 4.00 e. The van der Waals surface area contributed by atoms with E-state index in [2.05, 4.69) is 0 Å². The van der Waals surface area contributed by atoms with E-state index in [1.807, 2.05) is 0 Å². The zero-order valence-corrected chi connectivity index (χ0v) is 14.7. The van der Waals surface area contributed by atoms with Crippen LogP contribution in [0.4, 0.5) is 0 Å². The van der Waals surface area contributed by atoms with Crippen molar-refractivity contribution in [1.29, 1.82) is 0 Å². The molecule has 0 rings (SSSR count). The van der Waals surface area contributed by atoms with Crippen LogP contribution in [-0.4, -0.2) is 35.7 Å². The van der Waals surface area contributed by atoms with Crippen molar-refractivity contribution in [1.82, 2.24) is 6.15 Å². The number of rotatable bonds is 0. The predicted molar refractivity (Wildman–Crippen MR) is 66.6 cm³/mol. The molecule has 0 aliphatic rings. The normalized spacial score (nSPS) is 5.54. The van der Waals surface area contributed by atoms with E-state index in [-0.39, 0.29) is 47.9 Å². The van der Waals surface area contributed by atoms with Crippen LogP contribution in [0.5, 0.6) is 0 Å². The molecular weight excluding hydrogens is 526 g/mol. The second-order valence-corrected chi connectivity index (χ2v) is 1.36. The molecule has 0 aromatic rings. The van der Waals surface area contributed by atoms with Crippen molar-refractivity contribution >= 4 is 0 Å². The summed E-state index contributed by atoms with van der Waals surface area (Å²) in [5, 5.41) is 87.4. The monoisotopic (exact) mass is 531 g/mol. The average Bonchev–Trinajstić information content (AvgIpc) is 2.08. The first kappa shape index (κ1) is 49.5. The van der Waals surface area contributed by atoms with Gasteiger partial charge in [0.1, 0.15) is 0 Å². The summed E-state index contributed by atoms with van der Waals surface area (Å²) >= 11 is 0. The van der Waals surface area contributed by atoms with Gasteiger partial charge >= 0.3 is 41.7 Å². The molecule has 152 valence electrons. The Morgan fingerprint density at radius 1 is 0.423 bits per heavy atom. The number of hydrogen-bond donors (Lipinski definition) is 2. The minimum Gasteiger partial charge on any atom is -0.369 e. The molecule has 0 saturated heterocycles. The fourth-order valence-electron chi connectivity index (χ4n) is 0. The van der Waals surface area contributed by atoms with Crippen molar-refractivity contribution in [3.8, 4) is 0 Å². The molecule has 26 heavy (non-hydrogen) atoms. The Hall–Kier alpha value is -3.46. The molecule has 0 bridgehead atoms. The summed E-state index contributed by atoms with van der Waals surface area (Å²) < 4.78 is 0. The average molecular weight is 531 g/mol. The molecule has 0 aliphatic heterocycles. The predicted octanol–water partition coefficient (Wildman–Crippen LogP) is -1.17. The Bertz CT molecular complexity index is 259. The molecule has 0 aromatic carbocycles. The van der Waals surface area contributed by atoms with Gasteiger partial charge in [-0.05, 0) is 0 Å². The van der Waals surface area contributed by atoms with E-state index in [9.17, 15) is 0 Å². The van der Waals surface area contributed by atoms with Crippen molar-refractivity contribution in [2.24, 2.45) is 0 Å². The fraction of sp³-hybridized carbons (Fsp3) is 0. The molecule has 5 N–H and O–H groups in total. The second-order valence-electron chi connectivity index (χ2n) is 1.36. The Balaban J connectivity index is -0.0000000245. The summed E-state index contributed by atoms with van der Waals surface area (Å²) in [5.74, 6) is 0. The molecule has 0 amide bonds. The van der Waals surface area contributed by atoms with Gasteiger partial charge in [0, 0.05) is 0 Å². The molecular formula is H5CeN7O18. The van der Waals surface area contributed by atoms with Crippen LogP contribution in [0.2, 0.25) is 0 Å². The summed E-state index contributed by atoms with van der Waals surface area (Å²) in [6, 6.07) is 0. The Kier molecular flexibility index (Phi) is 81.8. The molecule has 0 heterocycles. The quantitative estimate of drug-likeness (QED) is 0.274. The minimum absolute atomic E-state index is 0. The molecule has 0 atom stereocenters. The third kappa shape index (κ3) is 653. The third-order valence-corrected chi connectivity index (χ3v) is 0. The first-order chi connectivity index (χ1) is 10.4. The number of hydrogen-bond acceptors (Lipinski definition) is 17. The van der Waals surface area contributed by atoms with Crippen molar-refractivity contribution in [2.75, 3.05) is 0 Å². The van der Waals surface area contributed by atoms with Crippen LogP contribution in [-0.2, 0) is 0 Å². The molecule has 0 spiro atoms. The van der Waals surface area contributed by atoms with Gasteiger partial charge in [-0.1, -0.05) is 0 Å². The zero-order valence-electron chi connectivity index (χ0n) is 11.6. The summed E-state index contributed by atoms with van der Waals surface area (Å²) in [4.78, 5) is 49.6. The van der Waals surface area contributed by atoms with Gasteiger partial charge in [-0.25, -0.2) is 0 Å². The molecule has 25 nitrogen and oxygen atoms in total. The van der Waals surface area contributed by atoms with E-state index >= 15 is 0 Å². The molecule has 0 fully saturated rings. The molecule has 0 unspecified atom stereocenters. The maximum absolute atomic E-state index is 8.36. The van der Waals surface area contributed by atoms with E-state index in [0.717, 1.165) is 0 Å². The summed E-state index contributed by atoms with van der Waals surface area (Å²) in [7, 11) is 0. The van der Waals surface area contributed by atoms with Crippen molar-refractivity contribution in [2.45, 2.75) is 0 Å². The largest absolute Gasteiger partial charge is 4.00 e. The Morgan fingerprint density at radius 3 is 0.423 bits per heavy atom. The number of nitrogens with zero attached hydrogens (tertiary/aromatic N) is 6. The maximum atomic E-state index is 8.36. The van der Waals surface area contributed by atoms with Crippen LogP contribution in [0.3, 0.4) is 0 Å². The number of quaternary nitrogens is 1. The zero-order chi connectivity index (χ0) is 21.5. The summed E-state index contributed by atoms with van der Waals surface area (Å²) in [6.07, 6.45) is 0. The summed E-state index contributed by atoms with van der Waals surface area (Å²) in [6.45, 7) is 0. The smallest absolute Gasteiger partial charge is 0.369 e. The van der Waals surface area contributed by atoms with Gasteiger partial charge in [0.05, 0.1) is 25.4 Å². The van der Waals surface area contributed by atoms with Gasteiger partial charge in [0.15, 0.2) is 0 Å². The van der Waals surface area contributed by atoms with Crippen LogP contribution >= 0.6 is 0 Å². The third-order valence-electron chi connectivity index (χ3n) is 0. The van der Waals surface area contributed by atoms with Gasteiger partial charge in [0.25, 0.3) is 5.09 Å². The summed E-state index contributed by atoms with van der Waals surface area (Å²) in [5.41, 5.74) is 0. The van der Waals surface area contributed by atoms with E-state index in [1.54, 1.807) is 0 Å². The van der Waals surface area contributed by atoms with E-state index in [1.165, 1.54) is 0 Å². The topological polar surface area (TPSA) is 431 Å². The molecule has 0 aliphatic carbocycles. The minimum atomic E-state index is -1.75. The van der Waals surface area contributed by atoms with Crippen molar-refractivity contribution in [3.63, 3.8) is 0 Å². The van der Waals surface area contributed by atoms with E-state index in [0.29, 0.717) is 0 Å². The van der Waals surface area contributed by atoms with Crippen LogP contribution in [0.1, 0.15) is 0 Å². The fourth-order valence-corrected chi connectivity index (χ4v) is 0. The van der Waals surface area contributed by atoms with Crippen molar-refractivity contribution < 1.29 is 77.5 Å². The first-order valence-corrected chi connectivity index (χ1v) is 3.30. The first-order valence-electron chi connectivity index (χ1n) is 3.30. The van der Waals surface area contributed by atoms with Crippen LogP contribution in [0.15, 0.2) is 0 Å².